The first kappa shape index (κ1) is 15.6. The average Bonchev–Trinajstić information content (AvgIpc) is 3.20. The topological polar surface area (TPSA) is 50.6 Å². The largest absolute Gasteiger partial charge is 0.497 e. The van der Waals surface area contributed by atoms with Crippen LogP contribution >= 0.6 is 0 Å². The minimum absolute atomic E-state index is 0.677. The van der Waals surface area contributed by atoms with Crippen molar-refractivity contribution in [1.29, 1.82) is 0 Å². The quantitative estimate of drug-likeness (QED) is 0.678. The van der Waals surface area contributed by atoms with Crippen LogP contribution in [0.4, 0.5) is 11.6 Å². The monoisotopic (exact) mass is 332 g/mol. The van der Waals surface area contributed by atoms with Crippen LogP contribution in [0.2, 0.25) is 0 Å². The molecule has 2 aromatic carbocycles. The third-order valence-electron chi connectivity index (χ3n) is 4.39. The maximum Gasteiger partial charge on any atom is 0.196 e. The minimum Gasteiger partial charge on any atom is -0.497 e. The van der Waals surface area contributed by atoms with Gasteiger partial charge in [-0.15, -0.1) is 0 Å². The van der Waals surface area contributed by atoms with E-state index in [0.29, 0.717) is 5.82 Å². The van der Waals surface area contributed by atoms with E-state index < -0.39 is 0 Å². The van der Waals surface area contributed by atoms with Gasteiger partial charge in [-0.2, -0.15) is 0 Å². The maximum absolute atomic E-state index is 5.19. The summed E-state index contributed by atoms with van der Waals surface area (Å²) >= 11 is 0. The minimum atomic E-state index is 0.677. The highest BCUT2D eigenvalue weighted by atomic mass is 16.5. The Morgan fingerprint density at radius 2 is 1.64 bits per heavy atom. The van der Waals surface area contributed by atoms with Crippen molar-refractivity contribution < 1.29 is 4.74 Å². The van der Waals surface area contributed by atoms with Gasteiger partial charge in [0.2, 0.25) is 0 Å². The van der Waals surface area contributed by atoms with E-state index in [-0.39, 0.29) is 0 Å². The molecule has 1 fully saturated rings. The van der Waals surface area contributed by atoms with Gasteiger partial charge >= 0.3 is 0 Å². The van der Waals surface area contributed by atoms with Gasteiger partial charge in [-0.1, -0.05) is 12.1 Å². The first-order valence-electron chi connectivity index (χ1n) is 8.53. The number of benzene rings is 2. The fraction of sp³-hybridized carbons (Fsp3) is 0.250. The Kier molecular flexibility index (Phi) is 4.29. The Hall–Kier alpha value is -2.95. The third kappa shape index (κ3) is 3.31. The number of rotatable bonds is 4. The van der Waals surface area contributed by atoms with Crippen LogP contribution in [0, 0.1) is 0 Å². The first-order valence-corrected chi connectivity index (χ1v) is 8.53. The molecule has 0 bridgehead atoms. The summed E-state index contributed by atoms with van der Waals surface area (Å²) in [5.41, 5.74) is 2.78. The number of hydrogen-bond donors (Lipinski definition) is 0. The fourth-order valence-electron chi connectivity index (χ4n) is 3.03. The fourth-order valence-corrected chi connectivity index (χ4v) is 3.03. The Morgan fingerprint density at radius 3 is 2.32 bits per heavy atom. The summed E-state index contributed by atoms with van der Waals surface area (Å²) in [5, 5.41) is 0. The van der Waals surface area contributed by atoms with E-state index in [4.69, 9.17) is 14.7 Å². The Bertz CT molecular complexity index is 899. The zero-order valence-corrected chi connectivity index (χ0v) is 14.2. The Balaban J connectivity index is 1.72. The number of nitrogens with zero attached hydrogens (tertiary/aromatic N) is 4. The third-order valence-corrected chi connectivity index (χ3v) is 4.39. The van der Waals surface area contributed by atoms with E-state index in [1.165, 1.54) is 12.8 Å². The molecule has 1 aliphatic rings. The van der Waals surface area contributed by atoms with E-state index in [1.807, 2.05) is 54.7 Å². The maximum atomic E-state index is 5.19. The number of aliphatic imine (C=N–C) groups is 1. The van der Waals surface area contributed by atoms with Gasteiger partial charge in [0.1, 0.15) is 5.75 Å². The van der Waals surface area contributed by atoms with Gasteiger partial charge < -0.3 is 9.64 Å². The molecule has 0 spiro atoms. The normalized spacial score (nSPS) is 14.5. The van der Waals surface area contributed by atoms with Crippen LogP contribution in [-0.2, 0) is 0 Å². The molecule has 126 valence electrons. The summed E-state index contributed by atoms with van der Waals surface area (Å²) in [6.45, 7) is 2.02. The van der Waals surface area contributed by atoms with Crippen LogP contribution in [0.5, 0.6) is 5.75 Å². The van der Waals surface area contributed by atoms with Crippen molar-refractivity contribution in [3.05, 3.63) is 54.1 Å². The summed E-state index contributed by atoms with van der Waals surface area (Å²) in [5.74, 6) is 2.39. The molecule has 5 nitrogen and oxygen atoms in total. The van der Waals surface area contributed by atoms with Crippen molar-refractivity contribution in [2.45, 2.75) is 12.8 Å². The predicted molar refractivity (Wildman–Crippen MR) is 101 cm³/mol. The van der Waals surface area contributed by atoms with Gasteiger partial charge in [0.25, 0.3) is 0 Å². The molecule has 1 aliphatic heterocycles. The van der Waals surface area contributed by atoms with Crippen LogP contribution in [-0.4, -0.2) is 36.4 Å². The second kappa shape index (κ2) is 6.89. The van der Waals surface area contributed by atoms with Crippen molar-refractivity contribution >= 4 is 28.9 Å². The van der Waals surface area contributed by atoms with E-state index in [1.54, 1.807) is 7.11 Å². The lowest BCUT2D eigenvalue weighted by Gasteiger charge is -2.18. The number of hydrogen-bond acceptors (Lipinski definition) is 5. The zero-order valence-electron chi connectivity index (χ0n) is 14.2. The highest BCUT2D eigenvalue weighted by Gasteiger charge is 2.18. The molecular formula is C20H20N4O. The van der Waals surface area contributed by atoms with E-state index >= 15 is 0 Å². The molecule has 0 radical (unpaired) electrons. The summed E-state index contributed by atoms with van der Waals surface area (Å²) in [4.78, 5) is 16.5. The molecule has 4 rings (SSSR count). The van der Waals surface area contributed by atoms with Gasteiger partial charge in [-0.25, -0.2) is 15.0 Å². The van der Waals surface area contributed by atoms with E-state index in [9.17, 15) is 0 Å². The lowest BCUT2D eigenvalue weighted by atomic mass is 10.2. The smallest absolute Gasteiger partial charge is 0.196 e. The van der Waals surface area contributed by atoms with Crippen molar-refractivity contribution in [2.75, 3.05) is 25.1 Å². The molecule has 5 heteroatoms. The van der Waals surface area contributed by atoms with Crippen molar-refractivity contribution in [3.63, 3.8) is 0 Å². The molecule has 0 saturated carbocycles. The van der Waals surface area contributed by atoms with Crippen LogP contribution in [0.15, 0.2) is 53.5 Å². The van der Waals surface area contributed by atoms with Crippen LogP contribution in [0.3, 0.4) is 0 Å². The van der Waals surface area contributed by atoms with Crippen molar-refractivity contribution in [2.24, 2.45) is 4.99 Å². The molecule has 0 amide bonds. The van der Waals surface area contributed by atoms with Gasteiger partial charge in [-0.3, -0.25) is 0 Å². The molecule has 0 N–H and O–H groups in total. The number of anilines is 1. The number of para-hydroxylation sites is 2. The zero-order chi connectivity index (χ0) is 17.1. The Morgan fingerprint density at radius 1 is 0.960 bits per heavy atom. The van der Waals surface area contributed by atoms with Crippen LogP contribution < -0.4 is 9.64 Å². The van der Waals surface area contributed by atoms with Crippen molar-refractivity contribution in [3.8, 4) is 5.75 Å². The second-order valence-electron chi connectivity index (χ2n) is 6.09. The number of aromatic nitrogens is 2. The molecule has 0 aliphatic carbocycles. The standard InChI is InChI=1S/C20H20N4O/c1-25-16-10-8-15(9-11-16)14-21-19-20(24-12-4-5-13-24)23-18-7-3-2-6-17(18)22-19/h2-3,6-11,14H,4-5,12-13H2,1H3. The van der Waals surface area contributed by atoms with E-state index in [2.05, 4.69) is 9.89 Å². The molecule has 25 heavy (non-hydrogen) atoms. The van der Waals surface area contributed by atoms with Gasteiger partial charge in [0, 0.05) is 19.3 Å². The molecular weight excluding hydrogens is 312 g/mol. The van der Waals surface area contributed by atoms with Gasteiger partial charge in [0.05, 0.1) is 18.1 Å². The number of ether oxygens (including phenoxy) is 1. The molecule has 1 aromatic heterocycles. The Labute approximate surface area is 147 Å². The first-order chi connectivity index (χ1) is 12.3. The van der Waals surface area contributed by atoms with Crippen molar-refractivity contribution in [1.82, 2.24) is 9.97 Å². The average molecular weight is 332 g/mol. The summed E-state index contributed by atoms with van der Waals surface area (Å²) < 4.78 is 5.19. The summed E-state index contributed by atoms with van der Waals surface area (Å²) in [6, 6.07) is 15.7. The van der Waals surface area contributed by atoms with Crippen LogP contribution in [0.25, 0.3) is 11.0 Å². The van der Waals surface area contributed by atoms with Crippen LogP contribution in [0.1, 0.15) is 18.4 Å². The van der Waals surface area contributed by atoms with E-state index in [0.717, 1.165) is 41.3 Å². The lowest BCUT2D eigenvalue weighted by Crippen LogP contribution is -2.19. The van der Waals surface area contributed by atoms with Gasteiger partial charge in [-0.05, 0) is 54.8 Å². The van der Waals surface area contributed by atoms with Gasteiger partial charge in [0.15, 0.2) is 11.6 Å². The molecule has 0 atom stereocenters. The second-order valence-corrected chi connectivity index (χ2v) is 6.09. The SMILES string of the molecule is COc1ccc(C=Nc2nc3ccccc3nc2N2CCCC2)cc1. The molecule has 2 heterocycles. The molecule has 3 aromatic rings. The number of fused-ring (bicyclic) bond motifs is 1. The summed E-state index contributed by atoms with van der Waals surface area (Å²) in [6.07, 6.45) is 4.21. The lowest BCUT2D eigenvalue weighted by molar-refractivity contribution is 0.415. The molecule has 1 saturated heterocycles. The number of methoxy groups -OCH3 is 1. The highest BCUT2D eigenvalue weighted by molar-refractivity contribution is 5.85. The molecule has 0 unspecified atom stereocenters. The highest BCUT2D eigenvalue weighted by Crippen LogP contribution is 2.29. The predicted octanol–water partition coefficient (Wildman–Crippen LogP) is 3.99. The summed E-state index contributed by atoms with van der Waals surface area (Å²) in [7, 11) is 1.66.